The van der Waals surface area contributed by atoms with Gasteiger partial charge in [0.05, 0.1) is 10.7 Å². The average Bonchev–Trinajstić information content (AvgIpc) is 2.14. The molecule has 0 saturated heterocycles. The van der Waals surface area contributed by atoms with Crippen LogP contribution < -0.4 is 5.32 Å². The lowest BCUT2D eigenvalue weighted by atomic mass is 10.2. The van der Waals surface area contributed by atoms with E-state index in [0.29, 0.717) is 5.02 Å². The number of benzene rings is 1. The van der Waals surface area contributed by atoms with Crippen LogP contribution in [-0.2, 0) is 9.53 Å². The van der Waals surface area contributed by atoms with Gasteiger partial charge in [-0.3, -0.25) is 4.79 Å². The molecule has 0 atom stereocenters. The molecule has 0 saturated carbocycles. The minimum Gasteiger partial charge on any atom is -0.459 e. The van der Waals surface area contributed by atoms with Crippen molar-refractivity contribution in [3.8, 4) is 0 Å². The van der Waals surface area contributed by atoms with Crippen LogP contribution in [0.25, 0.3) is 0 Å². The number of para-hydroxylation sites is 1. The predicted molar refractivity (Wildman–Crippen MR) is 65.8 cm³/mol. The van der Waals surface area contributed by atoms with E-state index in [1.54, 1.807) is 6.07 Å². The molecular weight excluding hydrogens is 226 g/mol. The lowest BCUT2D eigenvalue weighted by Crippen LogP contribution is -2.28. The molecule has 0 unspecified atom stereocenters. The lowest BCUT2D eigenvalue weighted by Gasteiger charge is -2.19. The SMILES string of the molecule is CC(C)(C)OC(=O)CNc1ccccc1Cl. The molecule has 1 rings (SSSR count). The van der Waals surface area contributed by atoms with E-state index in [9.17, 15) is 4.79 Å². The Bertz CT molecular complexity index is 372. The first-order valence-corrected chi connectivity index (χ1v) is 5.46. The van der Waals surface area contributed by atoms with Gasteiger partial charge in [0.2, 0.25) is 0 Å². The number of anilines is 1. The van der Waals surface area contributed by atoms with Crippen molar-refractivity contribution in [3.05, 3.63) is 29.3 Å². The molecule has 1 aromatic rings. The van der Waals surface area contributed by atoms with E-state index in [1.807, 2.05) is 39.0 Å². The molecule has 3 nitrogen and oxygen atoms in total. The van der Waals surface area contributed by atoms with Gasteiger partial charge in [0, 0.05) is 0 Å². The first kappa shape index (κ1) is 12.8. The summed E-state index contributed by atoms with van der Waals surface area (Å²) in [6.07, 6.45) is 0. The summed E-state index contributed by atoms with van der Waals surface area (Å²) in [5.74, 6) is -0.299. The van der Waals surface area contributed by atoms with Gasteiger partial charge in [-0.2, -0.15) is 0 Å². The van der Waals surface area contributed by atoms with E-state index >= 15 is 0 Å². The van der Waals surface area contributed by atoms with Crippen LogP contribution in [-0.4, -0.2) is 18.1 Å². The fourth-order valence-electron chi connectivity index (χ4n) is 1.15. The van der Waals surface area contributed by atoms with Crippen LogP contribution in [0.1, 0.15) is 20.8 Å². The first-order valence-electron chi connectivity index (χ1n) is 5.09. The largest absolute Gasteiger partial charge is 0.459 e. The molecule has 1 aromatic carbocycles. The van der Waals surface area contributed by atoms with Gasteiger partial charge in [-0.15, -0.1) is 0 Å². The molecule has 88 valence electrons. The predicted octanol–water partition coefficient (Wildman–Crippen LogP) is 3.09. The molecule has 0 aliphatic heterocycles. The number of ether oxygens (including phenoxy) is 1. The second-order valence-corrected chi connectivity index (χ2v) is 4.83. The summed E-state index contributed by atoms with van der Waals surface area (Å²) in [4.78, 5) is 11.4. The molecular formula is C12H16ClNO2. The minimum atomic E-state index is -0.459. The van der Waals surface area contributed by atoms with Gasteiger partial charge in [0.1, 0.15) is 12.1 Å². The maximum absolute atomic E-state index is 11.4. The molecule has 0 aliphatic rings. The van der Waals surface area contributed by atoms with Crippen molar-refractivity contribution in [1.29, 1.82) is 0 Å². The maximum atomic E-state index is 11.4. The Balaban J connectivity index is 2.47. The number of rotatable bonds is 3. The molecule has 0 fully saturated rings. The number of nitrogens with one attached hydrogen (secondary N) is 1. The zero-order valence-electron chi connectivity index (χ0n) is 9.71. The van der Waals surface area contributed by atoms with E-state index in [0.717, 1.165) is 5.69 Å². The van der Waals surface area contributed by atoms with Crippen molar-refractivity contribution in [1.82, 2.24) is 0 Å². The summed E-state index contributed by atoms with van der Waals surface area (Å²) in [6, 6.07) is 7.26. The van der Waals surface area contributed by atoms with Crippen LogP contribution in [0, 0.1) is 0 Å². The number of esters is 1. The fraction of sp³-hybridized carbons (Fsp3) is 0.417. The highest BCUT2D eigenvalue weighted by molar-refractivity contribution is 6.33. The Kier molecular flexibility index (Phi) is 4.19. The van der Waals surface area contributed by atoms with E-state index in [4.69, 9.17) is 16.3 Å². The third kappa shape index (κ3) is 4.53. The number of carbonyl (C=O) groups is 1. The van der Waals surface area contributed by atoms with E-state index < -0.39 is 5.60 Å². The Morgan fingerprint density at radius 1 is 1.38 bits per heavy atom. The molecule has 4 heteroatoms. The van der Waals surface area contributed by atoms with Gasteiger partial charge in [0.25, 0.3) is 0 Å². The first-order chi connectivity index (χ1) is 7.38. The molecule has 0 heterocycles. The Hall–Kier alpha value is -1.22. The van der Waals surface area contributed by atoms with Crippen LogP contribution in [0.4, 0.5) is 5.69 Å². The Morgan fingerprint density at radius 2 is 2.00 bits per heavy atom. The minimum absolute atomic E-state index is 0.112. The summed E-state index contributed by atoms with van der Waals surface area (Å²) in [5.41, 5.74) is 0.272. The molecule has 0 aromatic heterocycles. The third-order valence-corrected chi connectivity index (χ3v) is 2.05. The van der Waals surface area contributed by atoms with E-state index in [-0.39, 0.29) is 12.5 Å². The number of hydrogen-bond donors (Lipinski definition) is 1. The van der Waals surface area contributed by atoms with E-state index in [2.05, 4.69) is 5.32 Å². The monoisotopic (exact) mass is 241 g/mol. The normalized spacial score (nSPS) is 11.0. The highest BCUT2D eigenvalue weighted by atomic mass is 35.5. The Morgan fingerprint density at radius 3 is 2.56 bits per heavy atom. The smallest absolute Gasteiger partial charge is 0.325 e. The summed E-state index contributed by atoms with van der Waals surface area (Å²) in [7, 11) is 0. The standard InChI is InChI=1S/C12H16ClNO2/c1-12(2,3)16-11(15)8-14-10-7-5-4-6-9(10)13/h4-7,14H,8H2,1-3H3. The highest BCUT2D eigenvalue weighted by Gasteiger charge is 2.15. The molecule has 0 amide bonds. The summed E-state index contributed by atoms with van der Waals surface area (Å²) < 4.78 is 5.15. The van der Waals surface area contributed by atoms with Gasteiger partial charge >= 0.3 is 5.97 Å². The number of carbonyl (C=O) groups excluding carboxylic acids is 1. The average molecular weight is 242 g/mol. The van der Waals surface area contributed by atoms with Crippen LogP contribution >= 0.6 is 11.6 Å². The Labute approximate surface area is 101 Å². The second-order valence-electron chi connectivity index (χ2n) is 4.42. The number of hydrogen-bond acceptors (Lipinski definition) is 3. The summed E-state index contributed by atoms with van der Waals surface area (Å²) in [5, 5.41) is 3.52. The van der Waals surface area contributed by atoms with Gasteiger partial charge < -0.3 is 10.1 Å². The van der Waals surface area contributed by atoms with Gasteiger partial charge in [-0.1, -0.05) is 23.7 Å². The number of halogens is 1. The maximum Gasteiger partial charge on any atom is 0.325 e. The zero-order valence-corrected chi connectivity index (χ0v) is 10.5. The van der Waals surface area contributed by atoms with Crippen LogP contribution in [0.3, 0.4) is 0 Å². The molecule has 0 bridgehead atoms. The van der Waals surface area contributed by atoms with Crippen LogP contribution in [0.2, 0.25) is 5.02 Å². The molecule has 0 radical (unpaired) electrons. The van der Waals surface area contributed by atoms with Gasteiger partial charge in [0.15, 0.2) is 0 Å². The zero-order chi connectivity index (χ0) is 12.2. The van der Waals surface area contributed by atoms with Crippen LogP contribution in [0.5, 0.6) is 0 Å². The van der Waals surface area contributed by atoms with Crippen molar-refractivity contribution >= 4 is 23.3 Å². The van der Waals surface area contributed by atoms with Crippen LogP contribution in [0.15, 0.2) is 24.3 Å². The van der Waals surface area contributed by atoms with Crippen molar-refractivity contribution in [2.75, 3.05) is 11.9 Å². The molecule has 1 N–H and O–H groups in total. The van der Waals surface area contributed by atoms with Crippen molar-refractivity contribution in [2.45, 2.75) is 26.4 Å². The fourth-order valence-corrected chi connectivity index (χ4v) is 1.35. The quantitative estimate of drug-likeness (QED) is 0.827. The van der Waals surface area contributed by atoms with E-state index in [1.165, 1.54) is 0 Å². The van der Waals surface area contributed by atoms with Crippen molar-refractivity contribution in [2.24, 2.45) is 0 Å². The van der Waals surface area contributed by atoms with Crippen molar-refractivity contribution in [3.63, 3.8) is 0 Å². The van der Waals surface area contributed by atoms with Gasteiger partial charge in [-0.05, 0) is 32.9 Å². The molecule has 0 aliphatic carbocycles. The highest BCUT2D eigenvalue weighted by Crippen LogP contribution is 2.20. The second kappa shape index (κ2) is 5.21. The third-order valence-electron chi connectivity index (χ3n) is 1.72. The molecule has 16 heavy (non-hydrogen) atoms. The summed E-state index contributed by atoms with van der Waals surface area (Å²) >= 11 is 5.93. The topological polar surface area (TPSA) is 38.3 Å². The molecule has 0 spiro atoms. The van der Waals surface area contributed by atoms with Gasteiger partial charge in [-0.25, -0.2) is 0 Å². The van der Waals surface area contributed by atoms with Crippen molar-refractivity contribution < 1.29 is 9.53 Å². The summed E-state index contributed by atoms with van der Waals surface area (Å²) in [6.45, 7) is 5.61. The lowest BCUT2D eigenvalue weighted by molar-refractivity contribution is -0.152.